The zero-order valence-electron chi connectivity index (χ0n) is 12.9. The average Bonchev–Trinajstić information content (AvgIpc) is 2.42. The summed E-state index contributed by atoms with van der Waals surface area (Å²) in [5.41, 5.74) is 4.88. The van der Waals surface area contributed by atoms with E-state index < -0.39 is 20.7 Å². The molecule has 0 aliphatic rings. The number of carbonyl (C=O) groups is 2. The lowest BCUT2D eigenvalue weighted by atomic mass is 10.5. The molecule has 21 heavy (non-hydrogen) atoms. The Hall–Kier alpha value is -1.22. The number of carbonyl (C=O) groups excluding carboxylic acids is 2. The van der Waals surface area contributed by atoms with Crippen molar-refractivity contribution < 1.29 is 27.6 Å². The normalized spacial score (nSPS) is 11.8. The van der Waals surface area contributed by atoms with Gasteiger partial charge >= 0.3 is 14.8 Å². The molecule has 0 fully saturated rings. The van der Waals surface area contributed by atoms with Crippen molar-refractivity contribution in [3.8, 4) is 0 Å². The molecule has 0 atom stereocenters. The fraction of sp³-hybridized carbons (Fsp3) is 0.692. The van der Waals surface area contributed by atoms with Gasteiger partial charge in [0.25, 0.3) is 0 Å². The lowest BCUT2D eigenvalue weighted by molar-refractivity contribution is -0.138. The summed E-state index contributed by atoms with van der Waals surface area (Å²) in [5.74, 6) is -1.30. The maximum atomic E-state index is 11.2. The van der Waals surface area contributed by atoms with Gasteiger partial charge in [-0.1, -0.05) is 0 Å². The summed E-state index contributed by atoms with van der Waals surface area (Å²) < 4.78 is 22.0. The Bertz CT molecular complexity index is 331. The van der Waals surface area contributed by atoms with E-state index in [9.17, 15) is 9.59 Å². The molecule has 0 heterocycles. The Morgan fingerprint density at radius 2 is 1.52 bits per heavy atom. The van der Waals surface area contributed by atoms with E-state index in [-0.39, 0.29) is 6.61 Å². The molecule has 0 saturated heterocycles. The highest BCUT2D eigenvalue weighted by Crippen LogP contribution is 2.18. The topological polar surface area (TPSA) is 97.1 Å². The second-order valence-corrected chi connectivity index (χ2v) is 6.72. The summed E-state index contributed by atoms with van der Waals surface area (Å²) >= 11 is 0. The SMILES string of the molecule is CCO[Si](CCCOC(=O)C=CC(N)=O)(OCC)OCC. The maximum absolute atomic E-state index is 11.2. The van der Waals surface area contributed by atoms with Crippen LogP contribution < -0.4 is 5.73 Å². The summed E-state index contributed by atoms with van der Waals surface area (Å²) in [6, 6.07) is 0.565. The number of hydrogen-bond donors (Lipinski definition) is 1. The van der Waals surface area contributed by atoms with Crippen molar-refractivity contribution in [3.63, 3.8) is 0 Å². The first-order chi connectivity index (χ1) is 9.99. The fourth-order valence-electron chi connectivity index (χ4n) is 1.66. The van der Waals surface area contributed by atoms with Crippen LogP contribution in [0.3, 0.4) is 0 Å². The monoisotopic (exact) mass is 319 g/mol. The molecule has 0 aliphatic heterocycles. The Balaban J connectivity index is 4.23. The molecular weight excluding hydrogens is 294 g/mol. The lowest BCUT2D eigenvalue weighted by Crippen LogP contribution is -2.46. The number of primary amides is 1. The minimum atomic E-state index is -2.69. The van der Waals surface area contributed by atoms with E-state index in [2.05, 4.69) is 0 Å². The van der Waals surface area contributed by atoms with Crippen LogP contribution in [0.15, 0.2) is 12.2 Å². The molecule has 0 aliphatic carbocycles. The molecule has 0 bridgehead atoms. The van der Waals surface area contributed by atoms with Gasteiger partial charge in [-0.05, 0) is 27.2 Å². The number of nitrogens with two attached hydrogens (primary N) is 1. The molecule has 0 unspecified atom stereocenters. The Labute approximate surface area is 126 Å². The average molecular weight is 319 g/mol. The van der Waals surface area contributed by atoms with E-state index in [1.165, 1.54) is 0 Å². The van der Waals surface area contributed by atoms with Crippen LogP contribution >= 0.6 is 0 Å². The van der Waals surface area contributed by atoms with Gasteiger partial charge in [-0.25, -0.2) is 4.79 Å². The number of amides is 1. The minimum Gasteiger partial charge on any atom is -0.463 e. The van der Waals surface area contributed by atoms with Crippen LogP contribution in [0.1, 0.15) is 27.2 Å². The molecular formula is C13H25NO6Si. The first-order valence-electron chi connectivity index (χ1n) is 7.05. The molecule has 0 aromatic heterocycles. The van der Waals surface area contributed by atoms with Crippen LogP contribution in [0.5, 0.6) is 0 Å². The molecule has 0 rings (SSSR count). The fourth-order valence-corrected chi connectivity index (χ4v) is 4.24. The van der Waals surface area contributed by atoms with Crippen LogP contribution in [-0.2, 0) is 27.6 Å². The summed E-state index contributed by atoms with van der Waals surface area (Å²) in [4.78, 5) is 21.7. The van der Waals surface area contributed by atoms with Crippen molar-refractivity contribution in [1.82, 2.24) is 0 Å². The quantitative estimate of drug-likeness (QED) is 0.249. The van der Waals surface area contributed by atoms with Crippen LogP contribution in [-0.4, -0.2) is 47.1 Å². The highest BCUT2D eigenvalue weighted by atomic mass is 28.4. The molecule has 0 spiro atoms. The standard InChI is InChI=1S/C13H25NO6Si/c1-4-18-21(19-5-2,20-6-3)11-7-10-17-13(16)9-8-12(14)15/h8-9H,4-7,10-11H2,1-3H3,(H2,14,15). The van der Waals surface area contributed by atoms with Crippen molar-refractivity contribution in [3.05, 3.63) is 12.2 Å². The van der Waals surface area contributed by atoms with E-state index >= 15 is 0 Å². The highest BCUT2D eigenvalue weighted by Gasteiger charge is 2.39. The predicted molar refractivity (Wildman–Crippen MR) is 79.3 cm³/mol. The second-order valence-electron chi connectivity index (χ2n) is 3.99. The first-order valence-corrected chi connectivity index (χ1v) is 8.99. The Morgan fingerprint density at radius 3 is 1.95 bits per heavy atom. The molecule has 0 aromatic carbocycles. The summed E-state index contributed by atoms with van der Waals surface area (Å²) in [6.07, 6.45) is 2.52. The molecule has 1 amide bonds. The molecule has 8 heteroatoms. The summed E-state index contributed by atoms with van der Waals surface area (Å²) in [7, 11) is -2.69. The number of hydrogen-bond acceptors (Lipinski definition) is 6. The third-order valence-corrected chi connectivity index (χ3v) is 5.50. The summed E-state index contributed by atoms with van der Waals surface area (Å²) in [5, 5.41) is 0. The lowest BCUT2D eigenvalue weighted by Gasteiger charge is -2.28. The number of ether oxygens (including phenoxy) is 1. The van der Waals surface area contributed by atoms with Gasteiger partial charge in [0.05, 0.1) is 6.61 Å². The Morgan fingerprint density at radius 1 is 1.00 bits per heavy atom. The van der Waals surface area contributed by atoms with Gasteiger partial charge in [-0.2, -0.15) is 0 Å². The van der Waals surface area contributed by atoms with E-state index in [0.717, 1.165) is 12.2 Å². The van der Waals surface area contributed by atoms with Crippen molar-refractivity contribution >= 4 is 20.7 Å². The van der Waals surface area contributed by atoms with Gasteiger partial charge in [-0.3, -0.25) is 4.79 Å². The van der Waals surface area contributed by atoms with Gasteiger partial charge in [0, 0.05) is 38.0 Å². The molecule has 7 nitrogen and oxygen atoms in total. The molecule has 0 saturated carbocycles. The second kappa shape index (κ2) is 11.4. The largest absolute Gasteiger partial charge is 0.501 e. The Kier molecular flexibility index (Phi) is 10.8. The third kappa shape index (κ3) is 9.35. The van der Waals surface area contributed by atoms with Crippen molar-refractivity contribution in [2.45, 2.75) is 33.2 Å². The minimum absolute atomic E-state index is 0.198. The van der Waals surface area contributed by atoms with Crippen LogP contribution in [0.4, 0.5) is 0 Å². The zero-order chi connectivity index (χ0) is 16.1. The highest BCUT2D eigenvalue weighted by molar-refractivity contribution is 6.60. The maximum Gasteiger partial charge on any atom is 0.501 e. The van der Waals surface area contributed by atoms with E-state index in [1.54, 1.807) is 0 Å². The van der Waals surface area contributed by atoms with E-state index in [0.29, 0.717) is 32.3 Å². The van der Waals surface area contributed by atoms with Gasteiger partial charge in [0.15, 0.2) is 0 Å². The zero-order valence-corrected chi connectivity index (χ0v) is 13.9. The summed E-state index contributed by atoms with van der Waals surface area (Å²) in [6.45, 7) is 7.37. The number of esters is 1. The first kappa shape index (κ1) is 19.8. The van der Waals surface area contributed by atoms with Crippen LogP contribution in [0, 0.1) is 0 Å². The van der Waals surface area contributed by atoms with Crippen molar-refractivity contribution in [1.29, 1.82) is 0 Å². The molecule has 0 aromatic rings. The number of rotatable bonds is 12. The smallest absolute Gasteiger partial charge is 0.463 e. The van der Waals surface area contributed by atoms with Gasteiger partial charge < -0.3 is 23.7 Å². The van der Waals surface area contributed by atoms with Gasteiger partial charge in [-0.15, -0.1) is 0 Å². The van der Waals surface area contributed by atoms with Crippen LogP contribution in [0.25, 0.3) is 0 Å². The van der Waals surface area contributed by atoms with E-state index in [1.807, 2.05) is 20.8 Å². The molecule has 2 N–H and O–H groups in total. The van der Waals surface area contributed by atoms with Gasteiger partial charge in [0.2, 0.25) is 5.91 Å². The van der Waals surface area contributed by atoms with E-state index in [4.69, 9.17) is 23.7 Å². The molecule has 0 radical (unpaired) electrons. The predicted octanol–water partition coefficient (Wildman–Crippen LogP) is 1.01. The van der Waals surface area contributed by atoms with Gasteiger partial charge in [0.1, 0.15) is 0 Å². The molecule has 122 valence electrons. The van der Waals surface area contributed by atoms with Crippen molar-refractivity contribution in [2.75, 3.05) is 26.4 Å². The van der Waals surface area contributed by atoms with Crippen molar-refractivity contribution in [2.24, 2.45) is 5.73 Å². The third-order valence-electron chi connectivity index (χ3n) is 2.35. The van der Waals surface area contributed by atoms with Crippen LogP contribution in [0.2, 0.25) is 6.04 Å².